The SMILES string of the molecule is Cc1ccc(C(=O)COC(=O)c2ccccn2)cc1[N+](=O)[O-]. The minimum atomic E-state index is -0.726. The van der Waals surface area contributed by atoms with Gasteiger partial charge in [0.1, 0.15) is 5.69 Å². The highest BCUT2D eigenvalue weighted by Gasteiger charge is 2.17. The number of hydrogen-bond donors (Lipinski definition) is 0. The van der Waals surface area contributed by atoms with E-state index in [4.69, 9.17) is 4.74 Å². The molecule has 2 aromatic rings. The number of Topliss-reactive ketones (excluding diaryl/α,β-unsaturated/α-hetero) is 1. The van der Waals surface area contributed by atoms with Crippen LogP contribution in [0.25, 0.3) is 0 Å². The van der Waals surface area contributed by atoms with Crippen molar-refractivity contribution in [2.75, 3.05) is 6.61 Å². The molecule has 0 unspecified atom stereocenters. The van der Waals surface area contributed by atoms with Gasteiger partial charge >= 0.3 is 5.97 Å². The first-order valence-electron chi connectivity index (χ1n) is 6.35. The standard InChI is InChI=1S/C15H12N2O5/c1-10-5-6-11(8-13(10)17(20)21)14(18)9-22-15(19)12-4-2-3-7-16-12/h2-8H,9H2,1H3. The van der Waals surface area contributed by atoms with Crippen molar-refractivity contribution in [1.29, 1.82) is 0 Å². The maximum absolute atomic E-state index is 11.9. The Hall–Kier alpha value is -3.09. The Morgan fingerprint density at radius 3 is 2.68 bits per heavy atom. The van der Waals surface area contributed by atoms with Gasteiger partial charge in [-0.25, -0.2) is 9.78 Å². The topological polar surface area (TPSA) is 99.4 Å². The van der Waals surface area contributed by atoms with Crippen LogP contribution in [-0.2, 0) is 4.74 Å². The van der Waals surface area contributed by atoms with E-state index in [2.05, 4.69) is 4.98 Å². The average Bonchev–Trinajstić information content (AvgIpc) is 2.53. The summed E-state index contributed by atoms with van der Waals surface area (Å²) in [5.74, 6) is -1.25. The third kappa shape index (κ3) is 3.51. The van der Waals surface area contributed by atoms with Crippen molar-refractivity contribution >= 4 is 17.4 Å². The van der Waals surface area contributed by atoms with Crippen LogP contribution in [0, 0.1) is 17.0 Å². The summed E-state index contributed by atoms with van der Waals surface area (Å²) in [5.41, 5.74) is 0.505. The third-order valence-corrected chi connectivity index (χ3v) is 2.94. The second-order valence-corrected chi connectivity index (χ2v) is 4.47. The minimum absolute atomic E-state index is 0.0881. The van der Waals surface area contributed by atoms with Gasteiger partial charge in [-0.05, 0) is 19.1 Å². The fourth-order valence-electron chi connectivity index (χ4n) is 1.75. The van der Waals surface area contributed by atoms with Gasteiger partial charge in [0, 0.05) is 23.4 Å². The Bertz CT molecular complexity index is 728. The highest BCUT2D eigenvalue weighted by molar-refractivity contribution is 5.99. The van der Waals surface area contributed by atoms with Crippen LogP contribution in [0.4, 0.5) is 5.69 Å². The summed E-state index contributed by atoms with van der Waals surface area (Å²) in [7, 11) is 0. The Morgan fingerprint density at radius 1 is 1.27 bits per heavy atom. The molecule has 0 saturated heterocycles. The highest BCUT2D eigenvalue weighted by atomic mass is 16.6. The third-order valence-electron chi connectivity index (χ3n) is 2.94. The molecule has 0 saturated carbocycles. The molecule has 2 rings (SSSR count). The molecule has 0 aliphatic heterocycles. The smallest absolute Gasteiger partial charge is 0.357 e. The van der Waals surface area contributed by atoms with E-state index in [-0.39, 0.29) is 16.9 Å². The highest BCUT2D eigenvalue weighted by Crippen LogP contribution is 2.19. The van der Waals surface area contributed by atoms with Crippen LogP contribution >= 0.6 is 0 Å². The molecule has 0 bridgehead atoms. The van der Waals surface area contributed by atoms with E-state index < -0.39 is 23.3 Å². The molecule has 0 amide bonds. The summed E-state index contributed by atoms with van der Waals surface area (Å²) in [6, 6.07) is 8.84. The largest absolute Gasteiger partial charge is 0.453 e. The van der Waals surface area contributed by atoms with Crippen molar-refractivity contribution in [2.24, 2.45) is 0 Å². The van der Waals surface area contributed by atoms with E-state index in [0.29, 0.717) is 5.56 Å². The first-order chi connectivity index (χ1) is 10.5. The molecule has 0 spiro atoms. The van der Waals surface area contributed by atoms with Crippen LogP contribution in [0.1, 0.15) is 26.4 Å². The number of ketones is 1. The number of nitrogens with zero attached hydrogens (tertiary/aromatic N) is 2. The van der Waals surface area contributed by atoms with Gasteiger partial charge in [0.15, 0.2) is 6.61 Å². The normalized spacial score (nSPS) is 10.0. The Kier molecular flexibility index (Phi) is 4.57. The lowest BCUT2D eigenvalue weighted by Crippen LogP contribution is -2.15. The Balaban J connectivity index is 2.05. The van der Waals surface area contributed by atoms with Crippen LogP contribution in [0.2, 0.25) is 0 Å². The number of carbonyl (C=O) groups is 2. The predicted molar refractivity (Wildman–Crippen MR) is 76.7 cm³/mol. The van der Waals surface area contributed by atoms with Gasteiger partial charge in [0.05, 0.1) is 4.92 Å². The number of benzene rings is 1. The van der Waals surface area contributed by atoms with Gasteiger partial charge in [-0.2, -0.15) is 0 Å². The fourth-order valence-corrected chi connectivity index (χ4v) is 1.75. The zero-order chi connectivity index (χ0) is 16.1. The molecule has 1 heterocycles. The number of aryl methyl sites for hydroxylation is 1. The van der Waals surface area contributed by atoms with E-state index in [1.807, 2.05) is 0 Å². The molecule has 7 heteroatoms. The molecular formula is C15H12N2O5. The number of nitro benzene ring substituents is 1. The maximum Gasteiger partial charge on any atom is 0.357 e. The monoisotopic (exact) mass is 300 g/mol. The van der Waals surface area contributed by atoms with Crippen molar-refractivity contribution in [3.8, 4) is 0 Å². The lowest BCUT2D eigenvalue weighted by molar-refractivity contribution is -0.385. The molecule has 0 radical (unpaired) electrons. The van der Waals surface area contributed by atoms with Crippen molar-refractivity contribution in [3.05, 3.63) is 69.5 Å². The van der Waals surface area contributed by atoms with Crippen LogP contribution < -0.4 is 0 Å². The quantitative estimate of drug-likeness (QED) is 0.363. The van der Waals surface area contributed by atoms with Gasteiger partial charge in [0.2, 0.25) is 5.78 Å². The number of rotatable bonds is 5. The zero-order valence-electron chi connectivity index (χ0n) is 11.7. The number of nitro groups is 1. The second kappa shape index (κ2) is 6.57. The lowest BCUT2D eigenvalue weighted by atomic mass is 10.1. The molecule has 7 nitrogen and oxygen atoms in total. The number of pyridine rings is 1. The first-order valence-corrected chi connectivity index (χ1v) is 6.35. The second-order valence-electron chi connectivity index (χ2n) is 4.47. The van der Waals surface area contributed by atoms with Crippen LogP contribution in [-0.4, -0.2) is 28.3 Å². The molecule has 0 atom stereocenters. The summed E-state index contributed by atoms with van der Waals surface area (Å²) in [5, 5.41) is 10.8. The summed E-state index contributed by atoms with van der Waals surface area (Å²) in [4.78, 5) is 37.7. The van der Waals surface area contributed by atoms with E-state index >= 15 is 0 Å². The summed E-state index contributed by atoms with van der Waals surface area (Å²) >= 11 is 0. The van der Waals surface area contributed by atoms with Crippen LogP contribution in [0.15, 0.2) is 42.6 Å². The Morgan fingerprint density at radius 2 is 2.05 bits per heavy atom. The molecule has 0 aliphatic rings. The van der Waals surface area contributed by atoms with Crippen molar-refractivity contribution in [1.82, 2.24) is 4.98 Å². The number of ether oxygens (including phenoxy) is 1. The van der Waals surface area contributed by atoms with Crippen molar-refractivity contribution in [2.45, 2.75) is 6.92 Å². The molecule has 0 aliphatic carbocycles. The Labute approximate surface area is 125 Å². The lowest BCUT2D eigenvalue weighted by Gasteiger charge is -2.04. The zero-order valence-corrected chi connectivity index (χ0v) is 11.7. The summed E-state index contributed by atoms with van der Waals surface area (Å²) < 4.78 is 4.85. The van der Waals surface area contributed by atoms with E-state index in [1.165, 1.54) is 30.5 Å². The molecule has 0 fully saturated rings. The molecular weight excluding hydrogens is 288 g/mol. The number of carbonyl (C=O) groups excluding carboxylic acids is 2. The van der Waals surface area contributed by atoms with Crippen LogP contribution in [0.3, 0.4) is 0 Å². The molecule has 0 N–H and O–H groups in total. The van der Waals surface area contributed by atoms with Gasteiger partial charge in [-0.3, -0.25) is 14.9 Å². The van der Waals surface area contributed by atoms with Gasteiger partial charge < -0.3 is 4.74 Å². The fraction of sp³-hybridized carbons (Fsp3) is 0.133. The number of esters is 1. The van der Waals surface area contributed by atoms with Gasteiger partial charge in [-0.15, -0.1) is 0 Å². The van der Waals surface area contributed by atoms with Crippen molar-refractivity contribution < 1.29 is 19.2 Å². The number of aromatic nitrogens is 1. The van der Waals surface area contributed by atoms with Crippen LogP contribution in [0.5, 0.6) is 0 Å². The summed E-state index contributed by atoms with van der Waals surface area (Å²) in [6.07, 6.45) is 1.43. The van der Waals surface area contributed by atoms with Gasteiger partial charge in [-0.1, -0.05) is 18.2 Å². The predicted octanol–water partition coefficient (Wildman–Crippen LogP) is 2.34. The van der Waals surface area contributed by atoms with E-state index in [9.17, 15) is 19.7 Å². The summed E-state index contributed by atoms with van der Waals surface area (Å²) in [6.45, 7) is 1.07. The molecule has 1 aromatic heterocycles. The molecule has 112 valence electrons. The molecule has 1 aromatic carbocycles. The average molecular weight is 300 g/mol. The number of hydrogen-bond acceptors (Lipinski definition) is 6. The van der Waals surface area contributed by atoms with E-state index in [0.717, 1.165) is 0 Å². The maximum atomic E-state index is 11.9. The van der Waals surface area contributed by atoms with Crippen molar-refractivity contribution in [3.63, 3.8) is 0 Å². The first kappa shape index (κ1) is 15.3. The van der Waals surface area contributed by atoms with Gasteiger partial charge in [0.25, 0.3) is 5.69 Å². The minimum Gasteiger partial charge on any atom is -0.453 e. The van der Waals surface area contributed by atoms with E-state index in [1.54, 1.807) is 19.1 Å². The molecule has 22 heavy (non-hydrogen) atoms.